The molecule has 7 N–H and O–H groups in total. The molecule has 3 aromatic heterocycles. The molecule has 2 aliphatic heterocycles. The lowest BCUT2D eigenvalue weighted by atomic mass is 10.0. The quantitative estimate of drug-likeness (QED) is 0.0562. The van der Waals surface area contributed by atoms with E-state index < -0.39 is 36.3 Å². The molecule has 20 heteroatoms. The molecule has 7 aromatic rings. The fourth-order valence-corrected chi connectivity index (χ4v) is 9.58. The van der Waals surface area contributed by atoms with E-state index in [9.17, 15) is 48.5 Å². The second kappa shape index (κ2) is 18.0. The SMILES string of the molecule is O=C(O)CCCC(=O)Nc1ccc(-c2c3nc(c(-c4ccc(S(=O)(=O)O)cc4)c4ccc([nH]4)c(-c4ccc(S(=O)(=O)O)cc4)c4nc(c(-c5ccc(S(=O)(=O)O)cc5)c5ccc2[nH]5)C=C4)C=C3)cc1. The molecule has 0 spiro atoms. The first-order valence-corrected chi connectivity index (χ1v) is 25.1. The van der Waals surface area contributed by atoms with Crippen LogP contribution >= 0.6 is 0 Å². The summed E-state index contributed by atoms with van der Waals surface area (Å²) in [7, 11) is -13.6. The highest BCUT2D eigenvalue weighted by Gasteiger charge is 2.21. The topological polar surface area (TPSA) is 287 Å². The first-order valence-electron chi connectivity index (χ1n) is 20.8. The minimum atomic E-state index is -4.55. The van der Waals surface area contributed by atoms with Crippen molar-refractivity contribution in [2.75, 3.05) is 5.32 Å². The van der Waals surface area contributed by atoms with Gasteiger partial charge in [0, 0.05) is 62.8 Å². The van der Waals surface area contributed by atoms with Crippen LogP contribution in [0.5, 0.6) is 0 Å². The first kappa shape index (κ1) is 46.3. The molecule has 0 saturated heterocycles. The van der Waals surface area contributed by atoms with E-state index in [0.717, 1.165) is 0 Å². The van der Waals surface area contributed by atoms with Crippen LogP contribution in [0.15, 0.2) is 136 Å². The molecule has 0 aliphatic carbocycles. The number of fused-ring (bicyclic) bond motifs is 8. The maximum Gasteiger partial charge on any atom is 0.303 e. The maximum atomic E-state index is 12.7. The molecule has 2 aliphatic rings. The number of carboxylic acid groups (broad SMARTS) is 1. The number of carboxylic acids is 1. The predicted molar refractivity (Wildman–Crippen MR) is 260 cm³/mol. The second-order valence-corrected chi connectivity index (χ2v) is 20.1. The second-order valence-electron chi connectivity index (χ2n) is 15.9. The van der Waals surface area contributed by atoms with Crippen molar-refractivity contribution in [1.29, 1.82) is 0 Å². The lowest BCUT2D eigenvalue weighted by Crippen LogP contribution is -2.11. The summed E-state index contributed by atoms with van der Waals surface area (Å²) >= 11 is 0. The number of H-pyrrole nitrogens is 2. The number of benzene rings is 4. The molecule has 348 valence electrons. The van der Waals surface area contributed by atoms with Crippen LogP contribution in [-0.4, -0.2) is 75.8 Å². The predicted octanol–water partition coefficient (Wildman–Crippen LogP) is 9.26. The van der Waals surface area contributed by atoms with Gasteiger partial charge in [-0.05, 0) is 126 Å². The van der Waals surface area contributed by atoms with E-state index >= 15 is 0 Å². The molecule has 0 saturated carbocycles. The van der Waals surface area contributed by atoms with Gasteiger partial charge in [0.05, 0.1) is 37.5 Å². The number of aromatic nitrogens is 4. The van der Waals surface area contributed by atoms with E-state index in [2.05, 4.69) is 15.3 Å². The van der Waals surface area contributed by atoms with Gasteiger partial charge in [-0.15, -0.1) is 0 Å². The zero-order valence-electron chi connectivity index (χ0n) is 35.7. The molecule has 0 fully saturated rings. The largest absolute Gasteiger partial charge is 0.481 e. The number of carbonyl (C=O) groups is 2. The van der Waals surface area contributed by atoms with E-state index in [1.165, 1.54) is 72.8 Å². The highest BCUT2D eigenvalue weighted by atomic mass is 32.2. The van der Waals surface area contributed by atoms with Gasteiger partial charge >= 0.3 is 5.97 Å². The molecule has 17 nitrogen and oxygen atoms in total. The van der Waals surface area contributed by atoms with Gasteiger partial charge in [-0.25, -0.2) is 9.97 Å². The van der Waals surface area contributed by atoms with Gasteiger partial charge in [-0.3, -0.25) is 23.2 Å². The zero-order valence-corrected chi connectivity index (χ0v) is 38.1. The molecule has 0 atom stereocenters. The summed E-state index contributed by atoms with van der Waals surface area (Å²) < 4.78 is 102. The van der Waals surface area contributed by atoms with Crippen molar-refractivity contribution >= 4 is 94.3 Å². The van der Waals surface area contributed by atoms with Crippen LogP contribution in [0.25, 0.3) is 90.9 Å². The number of aromatic amines is 2. The molecule has 4 aromatic carbocycles. The molecule has 0 unspecified atom stereocenters. The van der Waals surface area contributed by atoms with Gasteiger partial charge in [0.2, 0.25) is 5.91 Å². The summed E-state index contributed by atoms with van der Waals surface area (Å²) in [5, 5.41) is 11.8. The molecule has 9 rings (SSSR count). The normalized spacial score (nSPS) is 12.6. The molecule has 69 heavy (non-hydrogen) atoms. The molecule has 8 bridgehead atoms. The van der Waals surface area contributed by atoms with Crippen LogP contribution in [0, 0.1) is 0 Å². The standard InChI is InChI=1S/C49H37N5O12S3/c55-44(2-1-3-45(56)57)50-32-12-4-28(5-13-32)46-36-20-22-38(51-36)47(29-6-14-33(15-7-29)67(58,59)60)40-24-26-42(53-40)49(31-10-18-35(19-11-31)69(64,65)66)43-27-25-41(54-43)48(39-23-21-37(46)52-39)30-8-16-34(17-9-30)68(61,62)63/h4-27,51,54H,1-3H2,(H,50,55)(H,56,57)(H,58,59,60)(H,61,62,63)(H,64,65,66). The van der Waals surface area contributed by atoms with Gasteiger partial charge in [0.15, 0.2) is 0 Å². The Bertz CT molecular complexity index is 3750. The lowest BCUT2D eigenvalue weighted by molar-refractivity contribution is -0.137. The van der Waals surface area contributed by atoms with Crippen molar-refractivity contribution in [2.24, 2.45) is 0 Å². The number of carbonyl (C=O) groups excluding carboxylic acids is 1. The van der Waals surface area contributed by atoms with Gasteiger partial charge < -0.3 is 20.4 Å². The minimum absolute atomic E-state index is 0.0111. The van der Waals surface area contributed by atoms with Gasteiger partial charge in [0.25, 0.3) is 30.4 Å². The molecular formula is C49H37N5O12S3. The van der Waals surface area contributed by atoms with E-state index in [0.29, 0.717) is 95.0 Å². The number of anilines is 1. The van der Waals surface area contributed by atoms with Crippen molar-refractivity contribution < 1.29 is 53.6 Å². The summed E-state index contributed by atoms with van der Waals surface area (Å²) in [6.45, 7) is 0. The Morgan fingerprint density at radius 3 is 1.00 bits per heavy atom. The number of nitrogens with zero attached hydrogens (tertiary/aromatic N) is 2. The number of hydrogen-bond donors (Lipinski definition) is 7. The third-order valence-electron chi connectivity index (χ3n) is 11.3. The first-order chi connectivity index (χ1) is 32.8. The van der Waals surface area contributed by atoms with Crippen LogP contribution in [0.2, 0.25) is 0 Å². The van der Waals surface area contributed by atoms with Crippen molar-refractivity contribution in [3.05, 3.63) is 144 Å². The van der Waals surface area contributed by atoms with E-state index in [-0.39, 0.29) is 39.9 Å². The van der Waals surface area contributed by atoms with Gasteiger partial charge in [0.1, 0.15) is 0 Å². The summed E-state index contributed by atoms with van der Waals surface area (Å²) in [6, 6.07) is 30.9. The Hall–Kier alpha value is -7.85. The lowest BCUT2D eigenvalue weighted by Gasteiger charge is -2.09. The third kappa shape index (κ3) is 9.79. The Morgan fingerprint density at radius 2 is 0.725 bits per heavy atom. The number of aliphatic carboxylic acids is 1. The Kier molecular flexibility index (Phi) is 12.1. The van der Waals surface area contributed by atoms with Gasteiger partial charge in [-0.1, -0.05) is 48.5 Å². The van der Waals surface area contributed by atoms with Crippen LogP contribution in [-0.2, 0) is 39.9 Å². The smallest absolute Gasteiger partial charge is 0.303 e. The fraction of sp³-hybridized carbons (Fsp3) is 0.0612. The molecule has 0 radical (unpaired) electrons. The van der Waals surface area contributed by atoms with Crippen molar-refractivity contribution in [1.82, 2.24) is 19.9 Å². The minimum Gasteiger partial charge on any atom is -0.481 e. The van der Waals surface area contributed by atoms with E-state index in [1.807, 2.05) is 12.1 Å². The number of hydrogen-bond acceptors (Lipinski definition) is 10. The summed E-state index contributed by atoms with van der Waals surface area (Å²) in [5.41, 5.74) is 8.69. The Balaban J connectivity index is 1.35. The zero-order chi connectivity index (χ0) is 48.8. The monoisotopic (exact) mass is 983 g/mol. The van der Waals surface area contributed by atoms with E-state index in [1.54, 1.807) is 60.7 Å². The number of nitrogens with one attached hydrogen (secondary N) is 3. The van der Waals surface area contributed by atoms with Crippen molar-refractivity contribution in [3.8, 4) is 44.5 Å². The average Bonchev–Trinajstić information content (AvgIpc) is 4.15. The highest BCUT2D eigenvalue weighted by Crippen LogP contribution is 2.39. The Morgan fingerprint density at radius 1 is 0.435 bits per heavy atom. The average molecular weight is 984 g/mol. The maximum absolute atomic E-state index is 12.7. The Labute approximate surface area is 393 Å². The summed E-state index contributed by atoms with van der Waals surface area (Å²) in [6.07, 6.45) is 7.13. The molecule has 1 amide bonds. The van der Waals surface area contributed by atoms with E-state index in [4.69, 9.17) is 15.1 Å². The third-order valence-corrected chi connectivity index (χ3v) is 13.9. The summed E-state index contributed by atoms with van der Waals surface area (Å²) in [5.74, 6) is -1.35. The van der Waals surface area contributed by atoms with Crippen molar-refractivity contribution in [2.45, 2.75) is 33.9 Å². The summed E-state index contributed by atoms with van der Waals surface area (Å²) in [4.78, 5) is 39.9. The fourth-order valence-electron chi connectivity index (χ4n) is 8.14. The number of amides is 1. The van der Waals surface area contributed by atoms with Crippen LogP contribution < -0.4 is 5.32 Å². The molecular weight excluding hydrogens is 947 g/mol. The van der Waals surface area contributed by atoms with Crippen molar-refractivity contribution in [3.63, 3.8) is 0 Å². The van der Waals surface area contributed by atoms with Crippen LogP contribution in [0.3, 0.4) is 0 Å². The molecule has 5 heterocycles. The van der Waals surface area contributed by atoms with Crippen LogP contribution in [0.1, 0.15) is 42.0 Å². The van der Waals surface area contributed by atoms with Crippen LogP contribution in [0.4, 0.5) is 5.69 Å². The van der Waals surface area contributed by atoms with Gasteiger partial charge in [-0.2, -0.15) is 25.3 Å². The highest BCUT2D eigenvalue weighted by molar-refractivity contribution is 7.86. The number of rotatable bonds is 12.